The molecule has 2 N–H and O–H groups in total. The lowest BCUT2D eigenvalue weighted by Crippen LogP contribution is -2.35. The molecule has 0 aliphatic carbocycles. The van der Waals surface area contributed by atoms with E-state index in [0.29, 0.717) is 54.7 Å². The number of hydroxylamine groups is 1. The Balaban J connectivity index is 0.000000208. The molecule has 6 aromatic carbocycles. The topological polar surface area (TPSA) is 153 Å². The van der Waals surface area contributed by atoms with Crippen LogP contribution in [0.25, 0.3) is 0 Å². The monoisotopic (exact) mass is 1230 g/mol. The summed E-state index contributed by atoms with van der Waals surface area (Å²) in [6.07, 6.45) is 3.21. The predicted molar refractivity (Wildman–Crippen MR) is 342 cm³/mol. The van der Waals surface area contributed by atoms with Crippen LogP contribution in [-0.4, -0.2) is 130 Å². The van der Waals surface area contributed by atoms with Crippen LogP contribution < -0.4 is 5.48 Å². The largest absolute Gasteiger partial charge is 0.379 e. The van der Waals surface area contributed by atoms with Gasteiger partial charge in [0.2, 0.25) is 5.91 Å². The average Bonchev–Trinajstić information content (AvgIpc) is 3.09. The summed E-state index contributed by atoms with van der Waals surface area (Å²) in [7, 11) is 0. The minimum absolute atomic E-state index is 0.0192. The Hall–Kier alpha value is -5.65. The van der Waals surface area contributed by atoms with Crippen LogP contribution in [0.4, 0.5) is 0 Å². The normalized spacial score (nSPS) is 15.7. The van der Waals surface area contributed by atoms with Crippen LogP contribution in [-0.2, 0) is 70.4 Å². The van der Waals surface area contributed by atoms with E-state index in [0.717, 1.165) is 112 Å². The number of aldehydes is 1. The van der Waals surface area contributed by atoms with Crippen LogP contribution >= 0.6 is 34.8 Å². The van der Waals surface area contributed by atoms with E-state index in [9.17, 15) is 19.2 Å². The number of nitrogens with one attached hydrogen (secondary N) is 1. The molecule has 0 saturated carbocycles. The number of carbonyl (C=O) groups excluding carboxylic acids is 4. The summed E-state index contributed by atoms with van der Waals surface area (Å²) >= 11 is 18.1. The Labute approximate surface area is 524 Å². The number of Topliss-reactive ketones (excluding diaryl/α,β-unsaturated/α-hetero) is 2. The van der Waals surface area contributed by atoms with Gasteiger partial charge in [-0.25, -0.2) is 5.48 Å². The Morgan fingerprint density at radius 1 is 0.477 bits per heavy atom. The molecule has 462 valence electrons. The van der Waals surface area contributed by atoms with E-state index in [2.05, 4.69) is 70.5 Å². The van der Waals surface area contributed by atoms with Gasteiger partial charge in [0.25, 0.3) is 0 Å². The number of hydrogen-bond acceptors (Lipinski definition) is 12. The molecule has 3 unspecified atom stereocenters. The van der Waals surface area contributed by atoms with Crippen molar-refractivity contribution in [2.24, 2.45) is 0 Å². The van der Waals surface area contributed by atoms with Crippen LogP contribution in [0.2, 0.25) is 15.1 Å². The molecular weight excluding hydrogens is 1150 g/mol. The summed E-state index contributed by atoms with van der Waals surface area (Å²) in [5.41, 5.74) is 11.7. The third-order valence-corrected chi connectivity index (χ3v) is 16.2. The molecule has 2 fully saturated rings. The minimum Gasteiger partial charge on any atom is -0.379 e. The number of rotatable bonds is 29. The van der Waals surface area contributed by atoms with Crippen molar-refractivity contribution in [2.75, 3.05) is 72.4 Å². The molecule has 2 aliphatic rings. The number of benzene rings is 6. The lowest BCUT2D eigenvalue weighted by atomic mass is 9.85. The first kappa shape index (κ1) is 69.5. The second kappa shape index (κ2) is 37.9. The Kier molecular flexibility index (Phi) is 30.6. The number of nitrogens with zero attached hydrogens (tertiary/aromatic N) is 2. The highest BCUT2D eigenvalue weighted by molar-refractivity contribution is 6.31. The molecule has 86 heavy (non-hydrogen) atoms. The smallest absolute Gasteiger partial charge is 0.245 e. The van der Waals surface area contributed by atoms with Gasteiger partial charge in [0.1, 0.15) is 17.9 Å². The third-order valence-electron chi connectivity index (χ3n) is 15.4. The summed E-state index contributed by atoms with van der Waals surface area (Å²) in [5.74, 6) is -0.125. The summed E-state index contributed by atoms with van der Waals surface area (Å²) in [6, 6.07) is 48.2. The predicted octanol–water partition coefficient (Wildman–Crippen LogP) is 13.5. The Morgan fingerprint density at radius 2 is 0.767 bits per heavy atom. The molecule has 0 spiro atoms. The number of amides is 1. The van der Waals surface area contributed by atoms with E-state index >= 15 is 0 Å². The summed E-state index contributed by atoms with van der Waals surface area (Å²) in [4.78, 5) is 51.3. The summed E-state index contributed by atoms with van der Waals surface area (Å²) in [5, 5.41) is 11.1. The number of ether oxygens (including phenoxy) is 5. The van der Waals surface area contributed by atoms with Crippen molar-refractivity contribution < 1.29 is 48.1 Å². The van der Waals surface area contributed by atoms with Gasteiger partial charge in [0.05, 0.1) is 51.2 Å². The van der Waals surface area contributed by atoms with Crippen LogP contribution in [0.15, 0.2) is 146 Å². The van der Waals surface area contributed by atoms with E-state index in [-0.39, 0.29) is 54.1 Å². The van der Waals surface area contributed by atoms with E-state index in [1.807, 2.05) is 93.6 Å². The summed E-state index contributed by atoms with van der Waals surface area (Å²) in [6.45, 7) is 19.5. The van der Waals surface area contributed by atoms with Crippen molar-refractivity contribution in [3.05, 3.63) is 211 Å². The van der Waals surface area contributed by atoms with Crippen molar-refractivity contribution in [1.29, 1.82) is 0 Å². The first-order valence-corrected chi connectivity index (χ1v) is 31.1. The van der Waals surface area contributed by atoms with Gasteiger partial charge in [-0.3, -0.25) is 34.2 Å². The minimum atomic E-state index is -0.455. The van der Waals surface area contributed by atoms with Crippen LogP contribution in [0, 0.1) is 0 Å². The first-order valence-electron chi connectivity index (χ1n) is 30.0. The fourth-order valence-electron chi connectivity index (χ4n) is 11.0. The van der Waals surface area contributed by atoms with Gasteiger partial charge in [-0.15, -0.1) is 0 Å². The van der Waals surface area contributed by atoms with Crippen LogP contribution in [0.1, 0.15) is 127 Å². The quantitative estimate of drug-likeness (QED) is 0.0261. The van der Waals surface area contributed by atoms with Gasteiger partial charge in [-0.05, 0) is 135 Å². The molecule has 0 aromatic heterocycles. The lowest BCUT2D eigenvalue weighted by Gasteiger charge is -2.28. The zero-order valence-electron chi connectivity index (χ0n) is 50.5. The number of carbonyl (C=O) groups is 4. The fraction of sp³-hybridized carbons (Fsp3) is 0.429. The average molecular weight is 1240 g/mol. The van der Waals surface area contributed by atoms with Gasteiger partial charge < -0.3 is 23.7 Å². The molecule has 1 amide bonds. The van der Waals surface area contributed by atoms with Crippen molar-refractivity contribution >= 4 is 58.6 Å². The second-order valence-electron chi connectivity index (χ2n) is 21.9. The number of halogens is 3. The Morgan fingerprint density at radius 3 is 1.05 bits per heavy atom. The molecule has 2 aliphatic heterocycles. The van der Waals surface area contributed by atoms with E-state index in [4.69, 9.17) is 63.7 Å². The number of ketones is 2. The first-order chi connectivity index (χ1) is 41.7. The molecule has 13 nitrogen and oxygen atoms in total. The molecule has 2 heterocycles. The van der Waals surface area contributed by atoms with Crippen molar-refractivity contribution in [3.8, 4) is 0 Å². The maximum absolute atomic E-state index is 11.9. The molecular formula is C70H86Cl3N3O10. The summed E-state index contributed by atoms with van der Waals surface area (Å²) < 4.78 is 28.8. The fourth-order valence-corrected chi connectivity index (χ4v) is 11.4. The SMILES string of the molecule is CCO[C@H](CC(=O)NO)C(Cc1ccc(Cl)cc1)c1ccc(CN2CCOCC2)cc1.CCO[C@H](CC(C)=O)C(Cc1ccc(Cl)cc1)c1ccc(C=O)cc1.CCO[C@H](CC(C)=O)C(Cc1ccc(Cl)cc1)c1ccc(CN2CCOCC2)cc1. The van der Waals surface area contributed by atoms with Gasteiger partial charge in [-0.1, -0.05) is 144 Å². The van der Waals surface area contributed by atoms with Crippen molar-refractivity contribution in [1.82, 2.24) is 15.3 Å². The van der Waals surface area contributed by atoms with E-state index < -0.39 is 5.91 Å². The lowest BCUT2D eigenvalue weighted by molar-refractivity contribution is -0.132. The van der Waals surface area contributed by atoms with Crippen LogP contribution in [0.3, 0.4) is 0 Å². The third kappa shape index (κ3) is 24.1. The van der Waals surface area contributed by atoms with Gasteiger partial charge in [0, 0.05) is 110 Å². The highest BCUT2D eigenvalue weighted by atomic mass is 35.5. The Bertz CT molecular complexity index is 2920. The van der Waals surface area contributed by atoms with Gasteiger partial charge >= 0.3 is 0 Å². The van der Waals surface area contributed by atoms with E-state index in [1.165, 1.54) is 22.3 Å². The van der Waals surface area contributed by atoms with Crippen LogP contribution in [0.5, 0.6) is 0 Å². The maximum Gasteiger partial charge on any atom is 0.245 e. The zero-order chi connectivity index (χ0) is 61.6. The highest BCUT2D eigenvalue weighted by Crippen LogP contribution is 2.33. The van der Waals surface area contributed by atoms with E-state index in [1.54, 1.807) is 31.5 Å². The highest BCUT2D eigenvalue weighted by Gasteiger charge is 2.29. The maximum atomic E-state index is 11.9. The molecule has 0 bridgehead atoms. The molecule has 0 radical (unpaired) electrons. The second-order valence-corrected chi connectivity index (χ2v) is 23.2. The molecule has 2 saturated heterocycles. The van der Waals surface area contributed by atoms with Gasteiger partial charge in [0.15, 0.2) is 0 Å². The number of hydrogen-bond donors (Lipinski definition) is 2. The number of morpholine rings is 2. The molecule has 6 aromatic rings. The molecule has 6 atom stereocenters. The zero-order valence-corrected chi connectivity index (χ0v) is 52.8. The van der Waals surface area contributed by atoms with Gasteiger partial charge in [-0.2, -0.15) is 0 Å². The molecule has 16 heteroatoms. The molecule has 8 rings (SSSR count). The van der Waals surface area contributed by atoms with Crippen molar-refractivity contribution in [3.63, 3.8) is 0 Å². The van der Waals surface area contributed by atoms with Crippen molar-refractivity contribution in [2.45, 2.75) is 122 Å². The standard InChI is InChI=1S/C25H32ClNO3.C24H31ClN2O4.C21H23ClO3/c1-3-30-25(16-19(2)28)24(17-20-6-10-23(26)11-7-20)22-8-4-21(5-9-22)18-27-12-14-29-15-13-27;1-2-31-23(16-24(28)26-29)22(15-18-5-9-21(25)10-6-18)20-7-3-19(4-8-20)17-27-11-13-30-14-12-27;1-3-25-21(12-15(2)24)20(13-16-6-10-19(22)11-7-16)18-8-4-17(14-23)5-9-18/h4-11,24-25H,3,12-18H2,1-2H3;3-10,22-23,29H,2,11-17H2,1H3,(H,26,28);4-11,14,20-21H,3,12-13H2,1-2H3/t24?,25-;22?,23-;20?,21-/m111/s1.